The van der Waals surface area contributed by atoms with Crippen molar-refractivity contribution in [3.8, 4) is 5.75 Å². The van der Waals surface area contributed by atoms with Crippen molar-refractivity contribution in [2.24, 2.45) is 4.99 Å². The van der Waals surface area contributed by atoms with Gasteiger partial charge in [0.2, 0.25) is 5.84 Å². The van der Waals surface area contributed by atoms with E-state index in [1.807, 2.05) is 19.1 Å². The molecule has 0 radical (unpaired) electrons. The number of aryl methyl sites for hydroxylation is 1. The van der Waals surface area contributed by atoms with E-state index in [2.05, 4.69) is 20.5 Å². The maximum atomic E-state index is 12.5. The second kappa shape index (κ2) is 8.21. The van der Waals surface area contributed by atoms with Gasteiger partial charge in [-0.2, -0.15) is 13.2 Å². The molecule has 0 saturated carbocycles. The first kappa shape index (κ1) is 20.2. The summed E-state index contributed by atoms with van der Waals surface area (Å²) in [5.74, 6) is -1.14. The lowest BCUT2D eigenvalue weighted by atomic mass is 10.2. The third-order valence-corrected chi connectivity index (χ3v) is 3.84. The minimum absolute atomic E-state index is 0.0462. The minimum Gasteiger partial charge on any atom is -0.484 e. The lowest BCUT2D eigenvalue weighted by Gasteiger charge is -2.27. The molecular formula is C19H17F3N4O3. The van der Waals surface area contributed by atoms with Crippen LogP contribution in [0.15, 0.2) is 53.5 Å². The fourth-order valence-corrected chi connectivity index (χ4v) is 2.47. The summed E-state index contributed by atoms with van der Waals surface area (Å²) in [6.45, 7) is 0.243. The van der Waals surface area contributed by atoms with Gasteiger partial charge in [0.25, 0.3) is 11.8 Å². The quantitative estimate of drug-likeness (QED) is 0.800. The number of hydrazine groups is 1. The van der Waals surface area contributed by atoms with Gasteiger partial charge < -0.3 is 10.1 Å². The van der Waals surface area contributed by atoms with Crippen LogP contribution in [0.25, 0.3) is 0 Å². The van der Waals surface area contributed by atoms with Crippen LogP contribution in [0.2, 0.25) is 0 Å². The smallest absolute Gasteiger partial charge is 0.422 e. The number of nitrogens with zero attached hydrogens (tertiary/aromatic N) is 2. The van der Waals surface area contributed by atoms with Gasteiger partial charge in [0.15, 0.2) is 6.61 Å². The summed E-state index contributed by atoms with van der Waals surface area (Å²) in [5.41, 5.74) is 4.44. The van der Waals surface area contributed by atoms with Gasteiger partial charge >= 0.3 is 6.18 Å². The van der Waals surface area contributed by atoms with Crippen LogP contribution < -0.4 is 20.5 Å². The van der Waals surface area contributed by atoms with Gasteiger partial charge in [-0.1, -0.05) is 23.8 Å². The van der Waals surface area contributed by atoms with Crippen molar-refractivity contribution in [1.82, 2.24) is 5.43 Å². The number of alkyl halides is 3. The summed E-state index contributed by atoms with van der Waals surface area (Å²) < 4.78 is 41.5. The zero-order chi connectivity index (χ0) is 21.0. The van der Waals surface area contributed by atoms with Crippen LogP contribution in [0.1, 0.15) is 5.56 Å². The molecule has 2 aromatic rings. The molecule has 0 unspecified atom stereocenters. The highest BCUT2D eigenvalue weighted by Crippen LogP contribution is 2.21. The van der Waals surface area contributed by atoms with Crippen LogP contribution in [0.3, 0.4) is 0 Å². The first-order chi connectivity index (χ1) is 13.7. The third kappa shape index (κ3) is 5.47. The van der Waals surface area contributed by atoms with E-state index in [0.717, 1.165) is 5.56 Å². The largest absolute Gasteiger partial charge is 0.484 e. The van der Waals surface area contributed by atoms with Gasteiger partial charge in [-0.3, -0.25) is 20.0 Å². The summed E-state index contributed by atoms with van der Waals surface area (Å²) >= 11 is 0. The summed E-state index contributed by atoms with van der Waals surface area (Å²) in [4.78, 5) is 28.5. The van der Waals surface area contributed by atoms with E-state index in [1.165, 1.54) is 29.3 Å². The molecule has 2 aromatic carbocycles. The Kier molecular flexibility index (Phi) is 5.71. The van der Waals surface area contributed by atoms with E-state index < -0.39 is 18.7 Å². The zero-order valence-electron chi connectivity index (χ0n) is 15.3. The molecular weight excluding hydrogens is 389 g/mol. The average molecular weight is 406 g/mol. The second-order valence-electron chi connectivity index (χ2n) is 6.23. The number of benzene rings is 2. The summed E-state index contributed by atoms with van der Waals surface area (Å²) in [5, 5.41) is 3.73. The molecule has 0 aliphatic carbocycles. The number of carbonyl (C=O) groups excluding carboxylic acids is 2. The van der Waals surface area contributed by atoms with E-state index in [-0.39, 0.29) is 29.7 Å². The predicted octanol–water partition coefficient (Wildman–Crippen LogP) is 2.82. The number of halogens is 3. The fourth-order valence-electron chi connectivity index (χ4n) is 2.47. The van der Waals surface area contributed by atoms with Crippen LogP contribution in [0.5, 0.6) is 5.75 Å². The topological polar surface area (TPSA) is 83.0 Å². The first-order valence-electron chi connectivity index (χ1n) is 8.53. The molecule has 2 N–H and O–H groups in total. The van der Waals surface area contributed by atoms with Crippen molar-refractivity contribution in [3.63, 3.8) is 0 Å². The number of amidine groups is 1. The van der Waals surface area contributed by atoms with Gasteiger partial charge in [-0.05, 0) is 31.2 Å². The van der Waals surface area contributed by atoms with Gasteiger partial charge in [0.05, 0.1) is 5.69 Å². The monoisotopic (exact) mass is 406 g/mol. The SMILES string of the molecule is Cc1ccc(N2NC(C(=O)Nc3cccc(OCC(F)(F)F)c3)=NCC2=O)cc1. The molecule has 7 nitrogen and oxygen atoms in total. The molecule has 0 spiro atoms. The number of nitrogens with one attached hydrogen (secondary N) is 2. The second-order valence-corrected chi connectivity index (χ2v) is 6.23. The summed E-state index contributed by atoms with van der Waals surface area (Å²) in [6.07, 6.45) is -4.47. The van der Waals surface area contributed by atoms with Gasteiger partial charge in [0.1, 0.15) is 12.3 Å². The number of carbonyl (C=O) groups is 2. The summed E-state index contributed by atoms with van der Waals surface area (Å²) in [6, 6.07) is 12.6. The normalized spacial score (nSPS) is 14.1. The molecule has 0 fully saturated rings. The summed E-state index contributed by atoms with van der Waals surface area (Å²) in [7, 11) is 0. The Bertz CT molecular complexity index is 942. The highest BCUT2D eigenvalue weighted by atomic mass is 19.4. The van der Waals surface area contributed by atoms with Gasteiger partial charge in [-0.15, -0.1) is 0 Å². The van der Waals surface area contributed by atoms with E-state index in [1.54, 1.807) is 12.1 Å². The van der Waals surface area contributed by atoms with Crippen molar-refractivity contribution in [2.75, 3.05) is 23.5 Å². The Morgan fingerprint density at radius 1 is 1.24 bits per heavy atom. The number of hydrogen-bond acceptors (Lipinski definition) is 5. The first-order valence-corrected chi connectivity index (χ1v) is 8.53. The van der Waals surface area contributed by atoms with E-state index >= 15 is 0 Å². The minimum atomic E-state index is -4.47. The van der Waals surface area contributed by atoms with Gasteiger partial charge in [0, 0.05) is 11.8 Å². The molecule has 3 rings (SSSR count). The number of hydrogen-bond donors (Lipinski definition) is 2. The Hall–Kier alpha value is -3.56. The average Bonchev–Trinajstić information content (AvgIpc) is 2.67. The number of anilines is 2. The van der Waals surface area contributed by atoms with Crippen LogP contribution in [-0.2, 0) is 9.59 Å². The molecule has 152 valence electrons. The fraction of sp³-hybridized carbons (Fsp3) is 0.211. The van der Waals surface area contributed by atoms with Crippen LogP contribution in [-0.4, -0.2) is 37.0 Å². The third-order valence-electron chi connectivity index (χ3n) is 3.84. The zero-order valence-corrected chi connectivity index (χ0v) is 15.3. The van der Waals surface area contributed by atoms with Crippen molar-refractivity contribution < 1.29 is 27.5 Å². The maximum absolute atomic E-state index is 12.5. The van der Waals surface area contributed by atoms with Crippen molar-refractivity contribution in [3.05, 3.63) is 54.1 Å². The molecule has 0 atom stereocenters. The molecule has 1 aliphatic heterocycles. The van der Waals surface area contributed by atoms with Crippen LogP contribution in [0, 0.1) is 6.92 Å². The molecule has 1 aliphatic rings. The number of aliphatic imine (C=N–C) groups is 1. The standard InChI is InChI=1S/C19H17F3N4O3/c1-12-5-7-14(8-6-12)26-16(27)10-23-17(25-26)18(28)24-13-3-2-4-15(9-13)29-11-19(20,21)22/h2-9H,10-11H2,1H3,(H,23,25)(H,24,28). The Balaban J connectivity index is 1.67. The molecule has 0 saturated heterocycles. The molecule has 0 bridgehead atoms. The van der Waals surface area contributed by atoms with Crippen LogP contribution in [0.4, 0.5) is 24.5 Å². The van der Waals surface area contributed by atoms with Gasteiger partial charge in [-0.25, -0.2) is 5.01 Å². The van der Waals surface area contributed by atoms with E-state index in [0.29, 0.717) is 5.69 Å². The molecule has 10 heteroatoms. The number of amides is 2. The molecule has 29 heavy (non-hydrogen) atoms. The molecule has 2 amide bonds. The molecule has 0 aromatic heterocycles. The Labute approximate surface area is 164 Å². The molecule has 1 heterocycles. The number of ether oxygens (including phenoxy) is 1. The highest BCUT2D eigenvalue weighted by molar-refractivity contribution is 6.43. The Morgan fingerprint density at radius 3 is 2.66 bits per heavy atom. The highest BCUT2D eigenvalue weighted by Gasteiger charge is 2.28. The van der Waals surface area contributed by atoms with Crippen molar-refractivity contribution >= 4 is 29.0 Å². The lowest BCUT2D eigenvalue weighted by Crippen LogP contribution is -2.54. The lowest BCUT2D eigenvalue weighted by molar-refractivity contribution is -0.153. The van der Waals surface area contributed by atoms with Crippen molar-refractivity contribution in [2.45, 2.75) is 13.1 Å². The van der Waals surface area contributed by atoms with E-state index in [9.17, 15) is 22.8 Å². The number of rotatable bonds is 5. The predicted molar refractivity (Wildman–Crippen MR) is 101 cm³/mol. The van der Waals surface area contributed by atoms with Crippen molar-refractivity contribution in [1.29, 1.82) is 0 Å². The maximum Gasteiger partial charge on any atom is 0.422 e. The van der Waals surface area contributed by atoms with E-state index in [4.69, 9.17) is 0 Å². The van der Waals surface area contributed by atoms with Crippen LogP contribution >= 0.6 is 0 Å². The Morgan fingerprint density at radius 2 is 1.97 bits per heavy atom.